The molecule has 0 bridgehead atoms. The number of rotatable bonds is 9. The van der Waals surface area contributed by atoms with Crippen molar-refractivity contribution in [3.63, 3.8) is 0 Å². The van der Waals surface area contributed by atoms with Crippen LogP contribution < -0.4 is 15.2 Å². The number of aromatic nitrogens is 1. The van der Waals surface area contributed by atoms with Crippen molar-refractivity contribution in [1.29, 1.82) is 5.26 Å². The summed E-state index contributed by atoms with van der Waals surface area (Å²) in [7, 11) is 0. The Bertz CT molecular complexity index is 839. The summed E-state index contributed by atoms with van der Waals surface area (Å²) >= 11 is 0. The van der Waals surface area contributed by atoms with Gasteiger partial charge in [0, 0.05) is 24.8 Å². The van der Waals surface area contributed by atoms with Gasteiger partial charge >= 0.3 is 0 Å². The fraction of sp³-hybridized carbons (Fsp3) is 0.381. The van der Waals surface area contributed by atoms with Gasteiger partial charge in [-0.3, -0.25) is 4.79 Å². The van der Waals surface area contributed by atoms with Crippen LogP contribution >= 0.6 is 0 Å². The van der Waals surface area contributed by atoms with E-state index in [1.807, 2.05) is 6.92 Å². The second-order valence-electron chi connectivity index (χ2n) is 6.79. The van der Waals surface area contributed by atoms with Crippen molar-refractivity contribution >= 4 is 5.78 Å². The lowest BCUT2D eigenvalue weighted by atomic mass is 10.0. The number of hydrogen-bond acceptors (Lipinski definition) is 6. The molecular formula is C21H23N3O3. The third kappa shape index (κ3) is 5.28. The van der Waals surface area contributed by atoms with Gasteiger partial charge < -0.3 is 15.2 Å². The Morgan fingerprint density at radius 1 is 1.37 bits per heavy atom. The van der Waals surface area contributed by atoms with Gasteiger partial charge in [-0.15, -0.1) is 0 Å². The maximum absolute atomic E-state index is 11.9. The third-order valence-corrected chi connectivity index (χ3v) is 4.50. The molecule has 2 aromatic rings. The van der Waals surface area contributed by atoms with E-state index in [-0.39, 0.29) is 12.2 Å². The maximum atomic E-state index is 11.9. The SMILES string of the molecule is CC[C@@H](N)C(=O)Cc1ccc(Oc2ccc(C#N)c(OCC3CC3)c2)nc1. The standard InChI is InChI=1S/C21H23N3O3/c1-2-18(23)19(25)9-15-5-8-21(24-12-15)27-17-7-6-16(11-22)20(10-17)26-13-14-3-4-14/h5-8,10,12,14,18H,2-4,9,13,23H2,1H3/t18-/m1/s1. The summed E-state index contributed by atoms with van der Waals surface area (Å²) in [5, 5.41) is 9.22. The van der Waals surface area contributed by atoms with E-state index in [1.54, 1.807) is 36.5 Å². The lowest BCUT2D eigenvalue weighted by Gasteiger charge is -2.11. The summed E-state index contributed by atoms with van der Waals surface area (Å²) < 4.78 is 11.5. The molecule has 6 heteroatoms. The first-order valence-corrected chi connectivity index (χ1v) is 9.17. The van der Waals surface area contributed by atoms with Crippen molar-refractivity contribution in [3.8, 4) is 23.4 Å². The van der Waals surface area contributed by atoms with E-state index in [4.69, 9.17) is 15.2 Å². The van der Waals surface area contributed by atoms with E-state index in [2.05, 4.69) is 11.1 Å². The van der Waals surface area contributed by atoms with Gasteiger partial charge in [0.1, 0.15) is 17.6 Å². The Hall–Kier alpha value is -2.91. The Labute approximate surface area is 158 Å². The van der Waals surface area contributed by atoms with Gasteiger partial charge in [-0.1, -0.05) is 13.0 Å². The minimum Gasteiger partial charge on any atom is -0.492 e. The predicted octanol–water partition coefficient (Wildman–Crippen LogP) is 3.38. The highest BCUT2D eigenvalue weighted by Gasteiger charge is 2.22. The molecule has 0 saturated heterocycles. The first-order valence-electron chi connectivity index (χ1n) is 9.17. The molecule has 1 heterocycles. The monoisotopic (exact) mass is 365 g/mol. The smallest absolute Gasteiger partial charge is 0.219 e. The summed E-state index contributed by atoms with van der Waals surface area (Å²) in [5.74, 6) is 2.07. The highest BCUT2D eigenvalue weighted by atomic mass is 16.5. The number of pyridine rings is 1. The predicted molar refractivity (Wildman–Crippen MR) is 101 cm³/mol. The molecule has 0 amide bonds. The molecular weight excluding hydrogens is 342 g/mol. The largest absolute Gasteiger partial charge is 0.492 e. The van der Waals surface area contributed by atoms with Crippen LogP contribution in [0.4, 0.5) is 0 Å². The number of carbonyl (C=O) groups is 1. The molecule has 3 rings (SSSR count). The average molecular weight is 365 g/mol. The molecule has 1 aliphatic carbocycles. The van der Waals surface area contributed by atoms with Crippen LogP contribution in [0.5, 0.6) is 17.4 Å². The molecule has 1 fully saturated rings. The van der Waals surface area contributed by atoms with E-state index in [0.717, 1.165) is 5.56 Å². The van der Waals surface area contributed by atoms with Gasteiger partial charge in [0.05, 0.1) is 18.2 Å². The van der Waals surface area contributed by atoms with Crippen molar-refractivity contribution in [2.24, 2.45) is 11.7 Å². The van der Waals surface area contributed by atoms with Crippen LogP contribution in [0.1, 0.15) is 37.3 Å². The van der Waals surface area contributed by atoms with Crippen LogP contribution in [0, 0.1) is 17.2 Å². The lowest BCUT2D eigenvalue weighted by Crippen LogP contribution is -2.30. The van der Waals surface area contributed by atoms with E-state index in [1.165, 1.54) is 12.8 Å². The Kier molecular flexibility index (Phi) is 6.05. The van der Waals surface area contributed by atoms with Crippen LogP contribution in [-0.2, 0) is 11.2 Å². The number of ether oxygens (including phenoxy) is 2. The summed E-state index contributed by atoms with van der Waals surface area (Å²) in [6, 6.07) is 10.3. The molecule has 1 aromatic carbocycles. The number of hydrogen-bond donors (Lipinski definition) is 1. The van der Waals surface area contributed by atoms with Gasteiger partial charge in [-0.2, -0.15) is 5.26 Å². The van der Waals surface area contributed by atoms with Crippen molar-refractivity contribution < 1.29 is 14.3 Å². The summed E-state index contributed by atoms with van der Waals surface area (Å²) in [6.07, 6.45) is 4.86. The van der Waals surface area contributed by atoms with Crippen molar-refractivity contribution in [2.75, 3.05) is 6.61 Å². The van der Waals surface area contributed by atoms with Gasteiger partial charge in [0.25, 0.3) is 0 Å². The zero-order valence-electron chi connectivity index (χ0n) is 15.4. The molecule has 1 aliphatic rings. The molecule has 27 heavy (non-hydrogen) atoms. The van der Waals surface area contributed by atoms with E-state index < -0.39 is 6.04 Å². The molecule has 1 saturated carbocycles. The number of benzene rings is 1. The Morgan fingerprint density at radius 3 is 2.81 bits per heavy atom. The second kappa shape index (κ2) is 8.65. The Morgan fingerprint density at radius 2 is 2.19 bits per heavy atom. The number of carbonyl (C=O) groups excluding carboxylic acids is 1. The third-order valence-electron chi connectivity index (χ3n) is 4.50. The van der Waals surface area contributed by atoms with Crippen LogP contribution in [0.15, 0.2) is 36.5 Å². The maximum Gasteiger partial charge on any atom is 0.219 e. The number of ketones is 1. The zero-order chi connectivity index (χ0) is 19.2. The average Bonchev–Trinajstić information content (AvgIpc) is 3.52. The van der Waals surface area contributed by atoms with Crippen LogP contribution in [0.2, 0.25) is 0 Å². The molecule has 2 N–H and O–H groups in total. The fourth-order valence-corrected chi connectivity index (χ4v) is 2.53. The molecule has 1 atom stereocenters. The van der Waals surface area contributed by atoms with Gasteiger partial charge in [-0.25, -0.2) is 4.98 Å². The quantitative estimate of drug-likeness (QED) is 0.731. The summed E-state index contributed by atoms with van der Waals surface area (Å²) in [4.78, 5) is 16.2. The van der Waals surface area contributed by atoms with Crippen molar-refractivity contribution in [3.05, 3.63) is 47.7 Å². The molecule has 0 unspecified atom stereocenters. The lowest BCUT2D eigenvalue weighted by molar-refractivity contribution is -0.119. The van der Waals surface area contributed by atoms with Crippen LogP contribution in [0.25, 0.3) is 0 Å². The Balaban J connectivity index is 1.65. The van der Waals surface area contributed by atoms with E-state index in [0.29, 0.717) is 41.9 Å². The molecule has 140 valence electrons. The highest BCUT2D eigenvalue weighted by molar-refractivity contribution is 5.85. The van der Waals surface area contributed by atoms with Crippen molar-refractivity contribution in [2.45, 2.75) is 38.6 Å². The topological polar surface area (TPSA) is 98.2 Å². The minimum atomic E-state index is -0.436. The number of Topliss-reactive ketones (excluding diaryl/α,β-unsaturated/α-hetero) is 1. The minimum absolute atomic E-state index is 0.00230. The first kappa shape index (κ1) is 18.9. The van der Waals surface area contributed by atoms with Crippen LogP contribution in [-0.4, -0.2) is 23.4 Å². The highest BCUT2D eigenvalue weighted by Crippen LogP contribution is 2.32. The normalized spacial score (nSPS) is 14.3. The summed E-state index contributed by atoms with van der Waals surface area (Å²) in [5.41, 5.74) is 7.03. The zero-order valence-corrected chi connectivity index (χ0v) is 15.4. The van der Waals surface area contributed by atoms with Crippen LogP contribution in [0.3, 0.4) is 0 Å². The number of nitrogens with zero attached hydrogens (tertiary/aromatic N) is 2. The molecule has 0 aliphatic heterocycles. The van der Waals surface area contributed by atoms with Gasteiger partial charge in [-0.05, 0) is 42.9 Å². The number of nitrogens with two attached hydrogens (primary N) is 1. The van der Waals surface area contributed by atoms with E-state index >= 15 is 0 Å². The molecule has 1 aromatic heterocycles. The van der Waals surface area contributed by atoms with E-state index in [9.17, 15) is 10.1 Å². The number of nitriles is 1. The van der Waals surface area contributed by atoms with Crippen molar-refractivity contribution in [1.82, 2.24) is 4.98 Å². The summed E-state index contributed by atoms with van der Waals surface area (Å²) in [6.45, 7) is 2.51. The van der Waals surface area contributed by atoms with Gasteiger partial charge in [0.2, 0.25) is 5.88 Å². The second-order valence-corrected chi connectivity index (χ2v) is 6.79. The molecule has 6 nitrogen and oxygen atoms in total. The first-order chi connectivity index (χ1) is 13.1. The molecule has 0 radical (unpaired) electrons. The fourth-order valence-electron chi connectivity index (χ4n) is 2.53. The molecule has 0 spiro atoms. The van der Waals surface area contributed by atoms with Gasteiger partial charge in [0.15, 0.2) is 5.78 Å².